The second-order valence-electron chi connectivity index (χ2n) is 6.87. The van der Waals surface area contributed by atoms with Crippen molar-refractivity contribution in [3.05, 3.63) is 47.1 Å². The summed E-state index contributed by atoms with van der Waals surface area (Å²) in [6.07, 6.45) is -3.05. The average Bonchev–Trinajstić information content (AvgIpc) is 3.27. The Hall–Kier alpha value is -3.02. The normalized spacial score (nSPS) is 14.1. The number of hydrogen-bond acceptors (Lipinski definition) is 5. The SMILES string of the molecule is O=C(Cn1nc(C(F)(F)F)cc1C1CC1)Nc1nc(-c2ccc(OC(F)F)cc2)cs1. The molecule has 1 N–H and O–H groups in total. The maximum atomic E-state index is 13.0. The molecule has 1 fully saturated rings. The molecule has 0 spiro atoms. The van der Waals surface area contributed by atoms with Crippen molar-refractivity contribution in [3.63, 3.8) is 0 Å². The molecule has 164 valence electrons. The first kappa shape index (κ1) is 21.2. The fourth-order valence-electron chi connectivity index (χ4n) is 2.97. The van der Waals surface area contributed by atoms with Crippen molar-refractivity contribution in [1.29, 1.82) is 0 Å². The van der Waals surface area contributed by atoms with Gasteiger partial charge in [-0.3, -0.25) is 9.48 Å². The number of benzene rings is 1. The van der Waals surface area contributed by atoms with Crippen LogP contribution in [0.15, 0.2) is 35.7 Å². The molecule has 2 aromatic heterocycles. The van der Waals surface area contributed by atoms with Crippen LogP contribution in [0.4, 0.5) is 27.1 Å². The first-order valence-electron chi connectivity index (χ1n) is 9.14. The number of nitrogens with one attached hydrogen (secondary N) is 1. The molecule has 1 aliphatic carbocycles. The highest BCUT2D eigenvalue weighted by Crippen LogP contribution is 2.42. The van der Waals surface area contributed by atoms with Gasteiger partial charge in [-0.2, -0.15) is 27.1 Å². The minimum absolute atomic E-state index is 0.00595. The maximum absolute atomic E-state index is 13.0. The molecule has 4 rings (SSSR count). The molecule has 0 saturated heterocycles. The highest BCUT2D eigenvalue weighted by molar-refractivity contribution is 7.14. The quantitative estimate of drug-likeness (QED) is 0.498. The number of rotatable bonds is 7. The molecule has 1 aliphatic rings. The molecule has 1 saturated carbocycles. The number of halogens is 5. The van der Waals surface area contributed by atoms with E-state index in [-0.39, 0.29) is 23.3 Å². The number of aromatic nitrogens is 3. The fraction of sp³-hybridized carbons (Fsp3) is 0.316. The van der Waals surface area contributed by atoms with Crippen LogP contribution >= 0.6 is 11.3 Å². The van der Waals surface area contributed by atoms with Gasteiger partial charge in [-0.05, 0) is 43.2 Å². The third-order valence-corrected chi connectivity index (χ3v) is 5.27. The van der Waals surface area contributed by atoms with Crippen molar-refractivity contribution < 1.29 is 31.5 Å². The summed E-state index contributed by atoms with van der Waals surface area (Å²) in [7, 11) is 0. The zero-order chi connectivity index (χ0) is 22.2. The highest BCUT2D eigenvalue weighted by atomic mass is 32.1. The number of nitrogens with zero attached hydrogens (tertiary/aromatic N) is 3. The van der Waals surface area contributed by atoms with E-state index in [1.165, 1.54) is 12.1 Å². The number of thiazole rings is 1. The van der Waals surface area contributed by atoms with Gasteiger partial charge in [0.25, 0.3) is 0 Å². The van der Waals surface area contributed by atoms with Gasteiger partial charge in [0.15, 0.2) is 10.8 Å². The molecule has 3 aromatic rings. The molecule has 0 bridgehead atoms. The summed E-state index contributed by atoms with van der Waals surface area (Å²) < 4.78 is 68.7. The molecule has 2 heterocycles. The Morgan fingerprint density at radius 2 is 1.97 bits per heavy atom. The molecule has 12 heteroatoms. The lowest BCUT2D eigenvalue weighted by Gasteiger charge is -2.06. The molecule has 6 nitrogen and oxygen atoms in total. The third-order valence-electron chi connectivity index (χ3n) is 4.52. The fourth-order valence-corrected chi connectivity index (χ4v) is 3.71. The van der Waals surface area contributed by atoms with E-state index in [9.17, 15) is 26.7 Å². The van der Waals surface area contributed by atoms with Crippen LogP contribution in [0.2, 0.25) is 0 Å². The molecule has 0 unspecified atom stereocenters. The Balaban J connectivity index is 1.42. The summed E-state index contributed by atoms with van der Waals surface area (Å²) >= 11 is 1.13. The zero-order valence-electron chi connectivity index (χ0n) is 15.7. The van der Waals surface area contributed by atoms with Gasteiger partial charge < -0.3 is 10.1 Å². The van der Waals surface area contributed by atoms with Gasteiger partial charge in [-0.1, -0.05) is 0 Å². The molecular weight excluding hydrogens is 443 g/mol. The Bertz CT molecular complexity index is 1070. The van der Waals surface area contributed by atoms with Gasteiger partial charge in [0.05, 0.1) is 5.69 Å². The van der Waals surface area contributed by atoms with Crippen LogP contribution in [0.1, 0.15) is 30.1 Å². The van der Waals surface area contributed by atoms with Crippen molar-refractivity contribution in [2.75, 3.05) is 5.32 Å². The Kier molecular flexibility index (Phi) is 5.65. The van der Waals surface area contributed by atoms with Crippen molar-refractivity contribution in [3.8, 4) is 17.0 Å². The van der Waals surface area contributed by atoms with E-state index in [1.807, 2.05) is 0 Å². The number of carbonyl (C=O) groups is 1. The lowest BCUT2D eigenvalue weighted by molar-refractivity contribution is -0.141. The van der Waals surface area contributed by atoms with E-state index in [1.54, 1.807) is 17.5 Å². The van der Waals surface area contributed by atoms with Gasteiger partial charge in [0.2, 0.25) is 5.91 Å². The minimum atomic E-state index is -4.58. The summed E-state index contributed by atoms with van der Waals surface area (Å²) in [6, 6.07) is 6.82. The molecule has 0 radical (unpaired) electrons. The van der Waals surface area contributed by atoms with Gasteiger partial charge in [-0.25, -0.2) is 4.98 Å². The molecule has 1 aromatic carbocycles. The summed E-state index contributed by atoms with van der Waals surface area (Å²) in [4.78, 5) is 16.6. The summed E-state index contributed by atoms with van der Waals surface area (Å²) in [5.74, 6) is -0.563. The number of alkyl halides is 5. The Morgan fingerprint density at radius 3 is 2.58 bits per heavy atom. The predicted octanol–water partition coefficient (Wildman–Crippen LogP) is 5.14. The minimum Gasteiger partial charge on any atom is -0.435 e. The molecule has 1 amide bonds. The van der Waals surface area contributed by atoms with Crippen molar-refractivity contribution in [1.82, 2.24) is 14.8 Å². The zero-order valence-corrected chi connectivity index (χ0v) is 16.5. The summed E-state index contributed by atoms with van der Waals surface area (Å²) in [5.41, 5.74) is 0.503. The number of anilines is 1. The highest BCUT2D eigenvalue weighted by Gasteiger charge is 2.38. The summed E-state index contributed by atoms with van der Waals surface area (Å²) in [6.45, 7) is -3.29. The second kappa shape index (κ2) is 8.25. The van der Waals surface area contributed by atoms with Crippen molar-refractivity contribution in [2.45, 2.75) is 38.1 Å². The van der Waals surface area contributed by atoms with E-state index in [0.717, 1.165) is 34.9 Å². The Labute approximate surface area is 176 Å². The lowest BCUT2D eigenvalue weighted by atomic mass is 10.2. The van der Waals surface area contributed by atoms with Crippen LogP contribution < -0.4 is 10.1 Å². The van der Waals surface area contributed by atoms with Crippen LogP contribution in [0, 0.1) is 0 Å². The molecular formula is C19H15F5N4O2S. The van der Waals surface area contributed by atoms with Crippen molar-refractivity contribution in [2.24, 2.45) is 0 Å². The topological polar surface area (TPSA) is 69.0 Å². The number of carbonyl (C=O) groups excluding carboxylic acids is 1. The molecule has 0 aliphatic heterocycles. The molecule has 31 heavy (non-hydrogen) atoms. The van der Waals surface area contributed by atoms with Gasteiger partial charge >= 0.3 is 12.8 Å². The van der Waals surface area contributed by atoms with Crippen LogP contribution in [-0.2, 0) is 17.5 Å². The lowest BCUT2D eigenvalue weighted by Crippen LogP contribution is -2.21. The van der Waals surface area contributed by atoms with E-state index in [0.29, 0.717) is 17.0 Å². The monoisotopic (exact) mass is 458 g/mol. The average molecular weight is 458 g/mol. The summed E-state index contributed by atoms with van der Waals surface area (Å²) in [5, 5.41) is 8.02. The predicted molar refractivity (Wildman–Crippen MR) is 102 cm³/mol. The smallest absolute Gasteiger partial charge is 0.435 e. The van der Waals surface area contributed by atoms with E-state index >= 15 is 0 Å². The van der Waals surface area contributed by atoms with Gasteiger partial charge in [0.1, 0.15) is 12.3 Å². The third kappa shape index (κ3) is 5.19. The largest absolute Gasteiger partial charge is 0.435 e. The molecule has 0 atom stereocenters. The van der Waals surface area contributed by atoms with Crippen LogP contribution in [0.3, 0.4) is 0 Å². The second-order valence-corrected chi connectivity index (χ2v) is 7.73. The number of hydrogen-bond donors (Lipinski definition) is 1. The first-order chi connectivity index (χ1) is 14.7. The van der Waals surface area contributed by atoms with Crippen LogP contribution in [-0.4, -0.2) is 27.3 Å². The van der Waals surface area contributed by atoms with Gasteiger partial charge in [0, 0.05) is 22.6 Å². The first-order valence-corrected chi connectivity index (χ1v) is 10.0. The van der Waals surface area contributed by atoms with E-state index < -0.39 is 24.4 Å². The van der Waals surface area contributed by atoms with E-state index in [2.05, 4.69) is 20.1 Å². The van der Waals surface area contributed by atoms with Gasteiger partial charge in [-0.15, -0.1) is 11.3 Å². The Morgan fingerprint density at radius 1 is 1.26 bits per heavy atom. The van der Waals surface area contributed by atoms with E-state index in [4.69, 9.17) is 0 Å². The van der Waals surface area contributed by atoms with Crippen molar-refractivity contribution >= 4 is 22.4 Å². The number of amides is 1. The standard InChI is InChI=1S/C19H15F5N4O2S/c20-17(21)30-12-5-3-10(4-6-12)13-9-31-18(25-13)26-16(29)8-28-14(11-1-2-11)7-15(27-28)19(22,23)24/h3-7,9,11,17H,1-2,8H2,(H,25,26,29). The van der Waals surface area contributed by atoms with Crippen LogP contribution in [0.5, 0.6) is 5.75 Å². The number of ether oxygens (including phenoxy) is 1. The van der Waals surface area contributed by atoms with Crippen LogP contribution in [0.25, 0.3) is 11.3 Å². The maximum Gasteiger partial charge on any atom is 0.435 e.